The van der Waals surface area contributed by atoms with E-state index in [1.165, 1.54) is 24.3 Å². The number of rotatable bonds is 3. The monoisotopic (exact) mass is 199 g/mol. The molecule has 0 unspecified atom stereocenters. The summed E-state index contributed by atoms with van der Waals surface area (Å²) in [6.07, 6.45) is 0. The number of phenols is 1. The maximum Gasteiger partial charge on any atom is 0.254 e. The first-order chi connectivity index (χ1) is 6.03. The van der Waals surface area contributed by atoms with Crippen LogP contribution in [-0.4, -0.2) is 13.5 Å². The molecule has 13 heavy (non-hydrogen) atoms. The third kappa shape index (κ3) is 2.79. The molecule has 0 spiro atoms. The van der Waals surface area contributed by atoms with Crippen molar-refractivity contribution in [2.45, 2.75) is 0 Å². The summed E-state index contributed by atoms with van der Waals surface area (Å²) in [7, 11) is -3.49. The number of aromatic hydroxyl groups is 1. The minimum absolute atomic E-state index is 0.00395. The average Bonchev–Trinajstić information content (AvgIpc) is 2.03. The molecule has 1 aromatic carbocycles. The number of nitrogens with one attached hydrogen (secondary N) is 1. The van der Waals surface area contributed by atoms with Crippen LogP contribution in [0.15, 0.2) is 36.3 Å². The largest absolute Gasteiger partial charge is 0.508 e. The van der Waals surface area contributed by atoms with Gasteiger partial charge in [-0.1, -0.05) is 12.6 Å². The Kier molecular flexibility index (Phi) is 2.57. The zero-order valence-corrected chi connectivity index (χ0v) is 7.58. The number of anilines is 1. The van der Waals surface area contributed by atoms with E-state index >= 15 is 0 Å². The molecule has 2 N–H and O–H groups in total. The lowest BCUT2D eigenvalue weighted by Crippen LogP contribution is -2.07. The first kappa shape index (κ1) is 9.60. The Balaban J connectivity index is 2.93. The zero-order chi connectivity index (χ0) is 9.90. The highest BCUT2D eigenvalue weighted by Gasteiger charge is 2.03. The van der Waals surface area contributed by atoms with Gasteiger partial charge >= 0.3 is 0 Å². The molecule has 0 aliphatic carbocycles. The summed E-state index contributed by atoms with van der Waals surface area (Å²) in [5.41, 5.74) is 0.305. The van der Waals surface area contributed by atoms with Crippen molar-refractivity contribution >= 4 is 15.7 Å². The van der Waals surface area contributed by atoms with Crippen LogP contribution in [0, 0.1) is 0 Å². The first-order valence-corrected chi connectivity index (χ1v) is 5.02. The second-order valence-corrected chi connectivity index (χ2v) is 3.99. The van der Waals surface area contributed by atoms with Crippen LogP contribution in [0.4, 0.5) is 5.69 Å². The lowest BCUT2D eigenvalue weighted by atomic mass is 10.3. The minimum atomic E-state index is -3.49. The molecule has 0 heterocycles. The van der Waals surface area contributed by atoms with E-state index in [1.807, 2.05) is 0 Å². The summed E-state index contributed by atoms with van der Waals surface area (Å²) in [6, 6.07) is 5.82. The molecule has 0 fully saturated rings. The van der Waals surface area contributed by atoms with Gasteiger partial charge in [-0.2, -0.15) is 0 Å². The van der Waals surface area contributed by atoms with Gasteiger partial charge in [-0.05, 0) is 12.1 Å². The molecule has 70 valence electrons. The van der Waals surface area contributed by atoms with Gasteiger partial charge in [0, 0.05) is 11.5 Å². The van der Waals surface area contributed by atoms with Crippen molar-refractivity contribution in [3.05, 3.63) is 36.3 Å². The van der Waals surface area contributed by atoms with Crippen molar-refractivity contribution in [2.24, 2.45) is 0 Å². The molecular formula is C8H9NO3S. The normalized spacial score (nSPS) is 10.8. The molecule has 5 heteroatoms. The van der Waals surface area contributed by atoms with Crippen LogP contribution >= 0.6 is 0 Å². The Morgan fingerprint density at radius 3 is 2.69 bits per heavy atom. The topological polar surface area (TPSA) is 66.4 Å². The van der Waals surface area contributed by atoms with E-state index in [0.717, 1.165) is 5.41 Å². The maximum absolute atomic E-state index is 11.0. The fourth-order valence-electron chi connectivity index (χ4n) is 0.775. The minimum Gasteiger partial charge on any atom is -0.508 e. The Bertz CT molecular complexity index is 411. The summed E-state index contributed by atoms with van der Waals surface area (Å²) >= 11 is 0. The van der Waals surface area contributed by atoms with Gasteiger partial charge in [-0.3, -0.25) is 4.72 Å². The molecule has 1 aromatic rings. The average molecular weight is 199 g/mol. The van der Waals surface area contributed by atoms with Crippen molar-refractivity contribution in [3.63, 3.8) is 0 Å². The quantitative estimate of drug-likeness (QED) is 0.770. The third-order valence-electron chi connectivity index (χ3n) is 1.33. The van der Waals surface area contributed by atoms with Crippen LogP contribution in [0.5, 0.6) is 5.75 Å². The van der Waals surface area contributed by atoms with Crippen LogP contribution in [0.3, 0.4) is 0 Å². The molecule has 0 radical (unpaired) electrons. The van der Waals surface area contributed by atoms with Gasteiger partial charge in [0.05, 0.1) is 5.69 Å². The molecule has 0 saturated heterocycles. The van der Waals surface area contributed by atoms with Crippen molar-refractivity contribution in [3.8, 4) is 5.75 Å². The van der Waals surface area contributed by atoms with Crippen LogP contribution < -0.4 is 4.72 Å². The third-order valence-corrected chi connectivity index (χ3v) is 2.28. The highest BCUT2D eigenvalue weighted by atomic mass is 32.2. The summed E-state index contributed by atoms with van der Waals surface area (Å²) in [4.78, 5) is 0. The predicted octanol–water partition coefficient (Wildman–Crippen LogP) is 1.28. The summed E-state index contributed by atoms with van der Waals surface area (Å²) in [6.45, 7) is 3.14. The Morgan fingerprint density at radius 2 is 2.15 bits per heavy atom. The Hall–Kier alpha value is -1.49. The molecular weight excluding hydrogens is 190 g/mol. The molecule has 1 rings (SSSR count). The van der Waals surface area contributed by atoms with Crippen LogP contribution in [-0.2, 0) is 10.0 Å². The highest BCUT2D eigenvalue weighted by molar-refractivity contribution is 7.95. The molecule has 4 nitrogen and oxygen atoms in total. The number of benzene rings is 1. The molecule has 0 aliphatic rings. The van der Waals surface area contributed by atoms with E-state index in [2.05, 4.69) is 11.3 Å². The van der Waals surface area contributed by atoms with E-state index in [4.69, 9.17) is 5.11 Å². The maximum atomic E-state index is 11.0. The van der Waals surface area contributed by atoms with Crippen LogP contribution in [0.2, 0.25) is 0 Å². The van der Waals surface area contributed by atoms with Gasteiger partial charge in [0.2, 0.25) is 0 Å². The van der Waals surface area contributed by atoms with Crippen molar-refractivity contribution in [1.82, 2.24) is 0 Å². The smallest absolute Gasteiger partial charge is 0.254 e. The van der Waals surface area contributed by atoms with Gasteiger partial charge in [-0.25, -0.2) is 8.42 Å². The molecule has 0 aromatic heterocycles. The number of hydrogen-bond donors (Lipinski definition) is 2. The van der Waals surface area contributed by atoms with E-state index in [-0.39, 0.29) is 5.75 Å². The molecule has 0 saturated carbocycles. The molecule has 0 amide bonds. The van der Waals surface area contributed by atoms with Gasteiger partial charge < -0.3 is 5.11 Å². The van der Waals surface area contributed by atoms with E-state index in [0.29, 0.717) is 5.69 Å². The fraction of sp³-hybridized carbons (Fsp3) is 0. The highest BCUT2D eigenvalue weighted by Crippen LogP contribution is 2.16. The number of sulfonamides is 1. The van der Waals surface area contributed by atoms with Gasteiger partial charge in [-0.15, -0.1) is 0 Å². The summed E-state index contributed by atoms with van der Waals surface area (Å²) in [5, 5.41) is 9.82. The standard InChI is InChI=1S/C8H9NO3S/c1-2-13(11,12)9-7-4-3-5-8(10)6-7/h2-6,9-10H,1H2. The number of hydrogen-bond acceptors (Lipinski definition) is 3. The summed E-state index contributed by atoms with van der Waals surface area (Å²) < 4.78 is 24.1. The predicted molar refractivity (Wildman–Crippen MR) is 50.8 cm³/mol. The first-order valence-electron chi connectivity index (χ1n) is 3.48. The SMILES string of the molecule is C=CS(=O)(=O)Nc1cccc(O)c1. The zero-order valence-electron chi connectivity index (χ0n) is 6.77. The van der Waals surface area contributed by atoms with E-state index in [1.54, 1.807) is 0 Å². The van der Waals surface area contributed by atoms with Crippen molar-refractivity contribution in [2.75, 3.05) is 4.72 Å². The van der Waals surface area contributed by atoms with E-state index < -0.39 is 10.0 Å². The van der Waals surface area contributed by atoms with Crippen molar-refractivity contribution < 1.29 is 13.5 Å². The van der Waals surface area contributed by atoms with Crippen LogP contribution in [0.25, 0.3) is 0 Å². The van der Waals surface area contributed by atoms with E-state index in [9.17, 15) is 8.42 Å². The Labute approximate surface area is 76.6 Å². The molecule has 0 atom stereocenters. The second kappa shape index (κ2) is 3.49. The van der Waals surface area contributed by atoms with Crippen LogP contribution in [0.1, 0.15) is 0 Å². The number of phenolic OH excluding ortho intramolecular Hbond substituents is 1. The molecule has 0 bridgehead atoms. The lowest BCUT2D eigenvalue weighted by molar-refractivity contribution is 0.475. The van der Waals surface area contributed by atoms with Gasteiger partial charge in [0.25, 0.3) is 10.0 Å². The molecule has 0 aliphatic heterocycles. The Morgan fingerprint density at radius 1 is 1.46 bits per heavy atom. The van der Waals surface area contributed by atoms with Crippen molar-refractivity contribution in [1.29, 1.82) is 0 Å². The lowest BCUT2D eigenvalue weighted by Gasteiger charge is -2.03. The summed E-state index contributed by atoms with van der Waals surface area (Å²) in [5.74, 6) is 0.00395. The fourth-order valence-corrected chi connectivity index (χ4v) is 1.31. The van der Waals surface area contributed by atoms with Gasteiger partial charge in [0.1, 0.15) is 5.75 Å². The second-order valence-electron chi connectivity index (χ2n) is 2.36. The van der Waals surface area contributed by atoms with Gasteiger partial charge in [0.15, 0.2) is 0 Å².